The van der Waals surface area contributed by atoms with Crippen LogP contribution in [0.15, 0.2) is 60.7 Å². The molecule has 4 aromatic rings. The van der Waals surface area contributed by atoms with Gasteiger partial charge < -0.3 is 15.0 Å². The van der Waals surface area contributed by atoms with E-state index < -0.39 is 0 Å². The van der Waals surface area contributed by atoms with E-state index in [0.717, 1.165) is 70.2 Å². The predicted octanol–water partition coefficient (Wildman–Crippen LogP) is 4.01. The van der Waals surface area contributed by atoms with E-state index in [0.29, 0.717) is 6.54 Å². The number of piperazine rings is 1. The first-order valence-electron chi connectivity index (χ1n) is 10.9. The van der Waals surface area contributed by atoms with E-state index in [2.05, 4.69) is 15.1 Å². The first-order chi connectivity index (χ1) is 15.7. The van der Waals surface area contributed by atoms with Crippen LogP contribution in [-0.2, 0) is 0 Å². The number of nitrogens with zero attached hydrogens (tertiary/aromatic N) is 3. The van der Waals surface area contributed by atoms with Crippen LogP contribution in [-0.4, -0.2) is 62.2 Å². The molecule has 5 rings (SSSR count). The van der Waals surface area contributed by atoms with Crippen molar-refractivity contribution in [3.05, 3.63) is 66.2 Å². The number of benzene rings is 3. The third-order valence-corrected chi connectivity index (χ3v) is 7.05. The first kappa shape index (κ1) is 20.7. The van der Waals surface area contributed by atoms with Gasteiger partial charge in [0.25, 0.3) is 5.91 Å². The zero-order valence-electron chi connectivity index (χ0n) is 18.1. The number of anilines is 1. The summed E-state index contributed by atoms with van der Waals surface area (Å²) in [4.78, 5) is 22.3. The number of methoxy groups -OCH3 is 1. The highest BCUT2D eigenvalue weighted by Gasteiger charge is 2.20. The van der Waals surface area contributed by atoms with Crippen molar-refractivity contribution in [3.63, 3.8) is 0 Å². The van der Waals surface area contributed by atoms with Crippen LogP contribution < -0.4 is 15.0 Å². The molecule has 0 unspecified atom stereocenters. The van der Waals surface area contributed by atoms with Gasteiger partial charge >= 0.3 is 0 Å². The molecule has 1 saturated heterocycles. The smallest absolute Gasteiger partial charge is 0.251 e. The molecule has 2 heterocycles. The fraction of sp³-hybridized carbons (Fsp3) is 0.280. The highest BCUT2D eigenvalue weighted by Crippen LogP contribution is 2.31. The molecular weight excluding hydrogens is 420 g/mol. The van der Waals surface area contributed by atoms with Gasteiger partial charge in [0.1, 0.15) is 5.75 Å². The Hall–Kier alpha value is -3.16. The van der Waals surface area contributed by atoms with Gasteiger partial charge in [0.15, 0.2) is 5.13 Å². The molecule has 164 valence electrons. The Bertz CT molecular complexity index is 1240. The molecule has 0 saturated carbocycles. The van der Waals surface area contributed by atoms with Crippen LogP contribution in [0, 0.1) is 0 Å². The quantitative estimate of drug-likeness (QED) is 0.485. The van der Waals surface area contributed by atoms with Crippen molar-refractivity contribution in [2.45, 2.75) is 0 Å². The lowest BCUT2D eigenvalue weighted by Gasteiger charge is -2.34. The number of carbonyl (C=O) groups is 1. The van der Waals surface area contributed by atoms with Crippen LogP contribution in [0.3, 0.4) is 0 Å². The molecule has 1 amide bonds. The molecule has 0 atom stereocenters. The molecule has 0 spiro atoms. The maximum Gasteiger partial charge on any atom is 0.251 e. The molecular formula is C25H26N4O2S. The molecule has 0 bridgehead atoms. The lowest BCUT2D eigenvalue weighted by atomic mass is 10.0. The Morgan fingerprint density at radius 2 is 1.88 bits per heavy atom. The van der Waals surface area contributed by atoms with Crippen molar-refractivity contribution in [3.8, 4) is 5.75 Å². The van der Waals surface area contributed by atoms with Crippen molar-refractivity contribution in [2.24, 2.45) is 0 Å². The van der Waals surface area contributed by atoms with Crippen LogP contribution in [0.1, 0.15) is 10.4 Å². The summed E-state index contributed by atoms with van der Waals surface area (Å²) in [6.07, 6.45) is 0. The molecule has 1 aromatic heterocycles. The third-order valence-electron chi connectivity index (χ3n) is 5.97. The molecule has 3 aromatic carbocycles. The number of ether oxygens (including phenoxy) is 1. The summed E-state index contributed by atoms with van der Waals surface area (Å²) in [6.45, 7) is 5.29. The molecule has 0 radical (unpaired) electrons. The SMILES string of the molecule is COc1ccc2nc(N3CCN(CCNC(=O)c4cccc5ccccc45)CC3)sc2c1. The van der Waals surface area contributed by atoms with E-state index in [1.54, 1.807) is 18.4 Å². The van der Waals surface area contributed by atoms with E-state index in [4.69, 9.17) is 9.72 Å². The number of hydrogen-bond donors (Lipinski definition) is 1. The number of rotatable bonds is 6. The molecule has 32 heavy (non-hydrogen) atoms. The van der Waals surface area contributed by atoms with E-state index in [9.17, 15) is 4.79 Å². The van der Waals surface area contributed by atoms with Gasteiger partial charge in [-0.05, 0) is 35.0 Å². The van der Waals surface area contributed by atoms with E-state index >= 15 is 0 Å². The number of amides is 1. The van der Waals surface area contributed by atoms with Crippen molar-refractivity contribution in [1.29, 1.82) is 0 Å². The summed E-state index contributed by atoms with van der Waals surface area (Å²) < 4.78 is 6.47. The normalized spacial score (nSPS) is 14.7. The molecule has 1 N–H and O–H groups in total. The minimum atomic E-state index is -0.00894. The van der Waals surface area contributed by atoms with Gasteiger partial charge in [-0.15, -0.1) is 0 Å². The average Bonchev–Trinajstić information content (AvgIpc) is 3.27. The minimum Gasteiger partial charge on any atom is -0.497 e. The fourth-order valence-electron chi connectivity index (χ4n) is 4.16. The summed E-state index contributed by atoms with van der Waals surface area (Å²) in [5.41, 5.74) is 1.75. The van der Waals surface area contributed by atoms with Gasteiger partial charge in [0.2, 0.25) is 0 Å². The predicted molar refractivity (Wildman–Crippen MR) is 131 cm³/mol. The standard InChI is InChI=1S/C25H26N4O2S/c1-31-19-9-10-22-23(17-19)32-25(27-22)29-15-13-28(14-16-29)12-11-26-24(30)21-8-4-6-18-5-2-3-7-20(18)21/h2-10,17H,11-16H2,1H3,(H,26,30). The van der Waals surface area contributed by atoms with Gasteiger partial charge in [-0.2, -0.15) is 0 Å². The lowest BCUT2D eigenvalue weighted by Crippen LogP contribution is -2.48. The second kappa shape index (κ2) is 9.14. The van der Waals surface area contributed by atoms with Crippen LogP contribution >= 0.6 is 11.3 Å². The van der Waals surface area contributed by atoms with Crippen molar-refractivity contribution < 1.29 is 9.53 Å². The summed E-state index contributed by atoms with van der Waals surface area (Å²) >= 11 is 1.71. The first-order valence-corrected chi connectivity index (χ1v) is 11.7. The van der Waals surface area contributed by atoms with Gasteiger partial charge in [-0.3, -0.25) is 9.69 Å². The minimum absolute atomic E-state index is 0.00894. The Morgan fingerprint density at radius 3 is 2.72 bits per heavy atom. The van der Waals surface area contributed by atoms with Crippen LogP contribution in [0.2, 0.25) is 0 Å². The molecule has 0 aliphatic carbocycles. The number of hydrogen-bond acceptors (Lipinski definition) is 6. The summed E-state index contributed by atoms with van der Waals surface area (Å²) in [5.74, 6) is 0.855. The van der Waals surface area contributed by atoms with E-state index in [1.165, 1.54) is 0 Å². The van der Waals surface area contributed by atoms with Crippen LogP contribution in [0.4, 0.5) is 5.13 Å². The van der Waals surface area contributed by atoms with Crippen LogP contribution in [0.25, 0.3) is 21.0 Å². The van der Waals surface area contributed by atoms with E-state index in [1.807, 2.05) is 60.7 Å². The fourth-order valence-corrected chi connectivity index (χ4v) is 5.21. The Labute approximate surface area is 191 Å². The Balaban J connectivity index is 1.13. The summed E-state index contributed by atoms with van der Waals surface area (Å²) in [7, 11) is 1.69. The van der Waals surface area contributed by atoms with Gasteiger partial charge in [0.05, 0.1) is 17.3 Å². The monoisotopic (exact) mass is 446 g/mol. The number of thiazole rings is 1. The summed E-state index contributed by atoms with van der Waals surface area (Å²) in [5, 5.41) is 6.24. The van der Waals surface area contributed by atoms with Gasteiger partial charge in [-0.1, -0.05) is 47.7 Å². The average molecular weight is 447 g/mol. The highest BCUT2D eigenvalue weighted by atomic mass is 32.1. The van der Waals surface area contributed by atoms with E-state index in [-0.39, 0.29) is 5.91 Å². The second-order valence-electron chi connectivity index (χ2n) is 7.94. The maximum atomic E-state index is 12.7. The molecule has 7 heteroatoms. The number of nitrogens with one attached hydrogen (secondary N) is 1. The molecule has 1 aliphatic rings. The number of aromatic nitrogens is 1. The topological polar surface area (TPSA) is 57.7 Å². The van der Waals surface area contributed by atoms with Crippen molar-refractivity contribution in [1.82, 2.24) is 15.2 Å². The van der Waals surface area contributed by atoms with Crippen LogP contribution in [0.5, 0.6) is 5.75 Å². The molecule has 1 fully saturated rings. The number of fused-ring (bicyclic) bond motifs is 2. The molecule has 1 aliphatic heterocycles. The van der Waals surface area contributed by atoms with Crippen molar-refractivity contribution in [2.75, 3.05) is 51.3 Å². The lowest BCUT2D eigenvalue weighted by molar-refractivity contribution is 0.0949. The zero-order chi connectivity index (χ0) is 21.9. The third kappa shape index (κ3) is 4.26. The van der Waals surface area contributed by atoms with Gasteiger partial charge in [0, 0.05) is 44.8 Å². The van der Waals surface area contributed by atoms with Crippen molar-refractivity contribution >= 4 is 43.4 Å². The maximum absolute atomic E-state index is 12.7. The largest absolute Gasteiger partial charge is 0.497 e. The van der Waals surface area contributed by atoms with Gasteiger partial charge in [-0.25, -0.2) is 4.98 Å². The Kier molecular flexibility index (Phi) is 5.92. The highest BCUT2D eigenvalue weighted by molar-refractivity contribution is 7.22. The second-order valence-corrected chi connectivity index (χ2v) is 8.95. The number of carbonyl (C=O) groups excluding carboxylic acids is 1. The zero-order valence-corrected chi connectivity index (χ0v) is 18.9. The summed E-state index contributed by atoms with van der Waals surface area (Å²) in [6, 6.07) is 19.9. The Morgan fingerprint density at radius 1 is 1.06 bits per heavy atom. The molecule has 6 nitrogen and oxygen atoms in total.